The predicted octanol–water partition coefficient (Wildman–Crippen LogP) is 0.294. The van der Waals surface area contributed by atoms with E-state index in [2.05, 4.69) is 0 Å². The van der Waals surface area contributed by atoms with E-state index in [1.807, 2.05) is 13.8 Å². The highest BCUT2D eigenvalue weighted by molar-refractivity contribution is 6.11. The Morgan fingerprint density at radius 3 is 2.71 bits per heavy atom. The summed E-state index contributed by atoms with van der Waals surface area (Å²) < 4.78 is 21.1. The maximum Gasteiger partial charge on any atom is 0.146 e. The monoisotopic (exact) mass is 200 g/mol. The maximum absolute atomic E-state index is 5.70. The standard InChI is InChI=1S/C9H17BO4/c1-6(2)12-4-7-8(11-3)9(10)14-5-13-7/h6-9H,4-5H2,1-3H3. The zero-order chi connectivity index (χ0) is 10.6. The fourth-order valence-electron chi connectivity index (χ4n) is 1.32. The van der Waals surface area contributed by atoms with E-state index >= 15 is 0 Å². The number of methoxy groups -OCH3 is 1. The molecule has 1 aliphatic rings. The van der Waals surface area contributed by atoms with Crippen molar-refractivity contribution in [3.05, 3.63) is 0 Å². The van der Waals surface area contributed by atoms with E-state index in [4.69, 9.17) is 26.8 Å². The molecule has 0 aromatic carbocycles. The zero-order valence-corrected chi connectivity index (χ0v) is 8.93. The van der Waals surface area contributed by atoms with Crippen LogP contribution in [0.4, 0.5) is 0 Å². The molecule has 3 unspecified atom stereocenters. The van der Waals surface area contributed by atoms with Gasteiger partial charge in [0.1, 0.15) is 26.8 Å². The molecule has 1 fully saturated rings. The second-order valence-corrected chi connectivity index (χ2v) is 3.54. The molecular formula is C9H17BO4. The summed E-state index contributed by atoms with van der Waals surface area (Å²) >= 11 is 0. The van der Waals surface area contributed by atoms with E-state index in [1.54, 1.807) is 7.11 Å². The number of hydrogen-bond acceptors (Lipinski definition) is 4. The van der Waals surface area contributed by atoms with Crippen LogP contribution in [0.1, 0.15) is 13.8 Å². The third-order valence-electron chi connectivity index (χ3n) is 2.10. The smallest absolute Gasteiger partial charge is 0.146 e. The third-order valence-corrected chi connectivity index (χ3v) is 2.10. The van der Waals surface area contributed by atoms with Crippen LogP contribution >= 0.6 is 0 Å². The van der Waals surface area contributed by atoms with E-state index in [9.17, 15) is 0 Å². The largest absolute Gasteiger partial charge is 0.377 e. The van der Waals surface area contributed by atoms with Crippen molar-refractivity contribution in [1.29, 1.82) is 0 Å². The van der Waals surface area contributed by atoms with Gasteiger partial charge in [-0.2, -0.15) is 0 Å². The van der Waals surface area contributed by atoms with Crippen LogP contribution < -0.4 is 0 Å². The van der Waals surface area contributed by atoms with Crippen LogP contribution in [0.2, 0.25) is 0 Å². The molecule has 0 N–H and O–H groups in total. The Bertz CT molecular complexity index is 165. The van der Waals surface area contributed by atoms with Crippen LogP contribution in [-0.4, -0.2) is 52.7 Å². The summed E-state index contributed by atoms with van der Waals surface area (Å²) in [5.41, 5.74) is 0. The van der Waals surface area contributed by atoms with Gasteiger partial charge < -0.3 is 18.9 Å². The molecule has 0 aromatic rings. The second kappa shape index (κ2) is 5.71. The van der Waals surface area contributed by atoms with Crippen molar-refractivity contribution < 1.29 is 18.9 Å². The average Bonchev–Trinajstić information content (AvgIpc) is 2.14. The Morgan fingerprint density at radius 2 is 2.14 bits per heavy atom. The van der Waals surface area contributed by atoms with E-state index in [0.717, 1.165) is 0 Å². The summed E-state index contributed by atoms with van der Waals surface area (Å²) in [5.74, 6) is 0. The molecule has 0 aliphatic carbocycles. The lowest BCUT2D eigenvalue weighted by Gasteiger charge is -2.35. The first-order chi connectivity index (χ1) is 6.65. The van der Waals surface area contributed by atoms with Crippen molar-refractivity contribution in [2.75, 3.05) is 20.5 Å². The van der Waals surface area contributed by atoms with Crippen LogP contribution in [0.3, 0.4) is 0 Å². The van der Waals surface area contributed by atoms with Gasteiger partial charge in [0.05, 0.1) is 12.7 Å². The summed E-state index contributed by atoms with van der Waals surface area (Å²) in [6.07, 6.45) is -0.233. The normalized spacial score (nSPS) is 33.6. The molecule has 0 saturated carbocycles. The van der Waals surface area contributed by atoms with Gasteiger partial charge >= 0.3 is 0 Å². The molecule has 5 heteroatoms. The van der Waals surface area contributed by atoms with Crippen molar-refractivity contribution in [2.45, 2.75) is 38.2 Å². The SMILES string of the molecule is [B]C1OCOC(COC(C)C)C1OC. The average molecular weight is 200 g/mol. The van der Waals surface area contributed by atoms with Crippen LogP contribution in [0.25, 0.3) is 0 Å². The van der Waals surface area contributed by atoms with Gasteiger partial charge in [-0.15, -0.1) is 0 Å². The predicted molar refractivity (Wildman–Crippen MR) is 52.3 cm³/mol. The topological polar surface area (TPSA) is 36.9 Å². The van der Waals surface area contributed by atoms with Gasteiger partial charge in [-0.1, -0.05) is 0 Å². The van der Waals surface area contributed by atoms with E-state index < -0.39 is 6.00 Å². The Balaban J connectivity index is 2.39. The Hall–Kier alpha value is -0.0951. The molecule has 3 atom stereocenters. The van der Waals surface area contributed by atoms with Crippen LogP contribution in [0.5, 0.6) is 0 Å². The molecule has 80 valence electrons. The van der Waals surface area contributed by atoms with E-state index in [-0.39, 0.29) is 25.1 Å². The van der Waals surface area contributed by atoms with Crippen LogP contribution in [0.15, 0.2) is 0 Å². The minimum atomic E-state index is -0.436. The Labute approximate surface area is 86.3 Å². The summed E-state index contributed by atoms with van der Waals surface area (Å²) in [6, 6.07) is -0.436. The highest BCUT2D eigenvalue weighted by Gasteiger charge is 2.32. The molecule has 0 amide bonds. The molecule has 1 heterocycles. The van der Waals surface area contributed by atoms with E-state index in [0.29, 0.717) is 6.61 Å². The second-order valence-electron chi connectivity index (χ2n) is 3.54. The van der Waals surface area contributed by atoms with Gasteiger partial charge in [-0.3, -0.25) is 0 Å². The zero-order valence-electron chi connectivity index (χ0n) is 8.93. The molecule has 1 rings (SSSR count). The van der Waals surface area contributed by atoms with Crippen LogP contribution in [0, 0.1) is 0 Å². The molecule has 1 saturated heterocycles. The molecule has 0 bridgehead atoms. The summed E-state index contributed by atoms with van der Waals surface area (Å²) in [7, 11) is 7.29. The molecule has 14 heavy (non-hydrogen) atoms. The maximum atomic E-state index is 5.70. The molecule has 0 spiro atoms. The Morgan fingerprint density at radius 1 is 1.43 bits per heavy atom. The van der Waals surface area contributed by atoms with Crippen molar-refractivity contribution >= 4 is 7.85 Å². The van der Waals surface area contributed by atoms with Gasteiger partial charge in [0.2, 0.25) is 0 Å². The van der Waals surface area contributed by atoms with Gasteiger partial charge in [0.25, 0.3) is 0 Å². The number of rotatable bonds is 4. The van der Waals surface area contributed by atoms with Gasteiger partial charge in [0.15, 0.2) is 0 Å². The van der Waals surface area contributed by atoms with Gasteiger partial charge in [-0.25, -0.2) is 0 Å². The van der Waals surface area contributed by atoms with Crippen LogP contribution in [-0.2, 0) is 18.9 Å². The molecule has 2 radical (unpaired) electrons. The summed E-state index contributed by atoms with van der Waals surface area (Å²) in [4.78, 5) is 0. The Kier molecular flexibility index (Phi) is 4.88. The van der Waals surface area contributed by atoms with Crippen molar-refractivity contribution in [1.82, 2.24) is 0 Å². The molecule has 1 aliphatic heterocycles. The number of ether oxygens (including phenoxy) is 4. The molecular weight excluding hydrogens is 183 g/mol. The quantitative estimate of drug-likeness (QED) is 0.611. The van der Waals surface area contributed by atoms with Crippen molar-refractivity contribution in [2.24, 2.45) is 0 Å². The molecule has 0 aromatic heterocycles. The fraction of sp³-hybridized carbons (Fsp3) is 1.00. The number of hydrogen-bond donors (Lipinski definition) is 0. The third kappa shape index (κ3) is 3.24. The minimum absolute atomic E-state index is 0.147. The lowest BCUT2D eigenvalue weighted by molar-refractivity contribution is -0.229. The lowest BCUT2D eigenvalue weighted by atomic mass is 9.90. The first-order valence-corrected chi connectivity index (χ1v) is 4.78. The van der Waals surface area contributed by atoms with Gasteiger partial charge in [0, 0.05) is 13.1 Å². The lowest BCUT2D eigenvalue weighted by Crippen LogP contribution is -2.49. The first-order valence-electron chi connectivity index (χ1n) is 4.78. The molecule has 4 nitrogen and oxygen atoms in total. The first kappa shape index (κ1) is 12.0. The van der Waals surface area contributed by atoms with E-state index in [1.165, 1.54) is 0 Å². The highest BCUT2D eigenvalue weighted by Crippen LogP contribution is 2.15. The van der Waals surface area contributed by atoms with Crippen molar-refractivity contribution in [3.63, 3.8) is 0 Å². The summed E-state index contributed by atoms with van der Waals surface area (Å²) in [5, 5.41) is 0. The minimum Gasteiger partial charge on any atom is -0.377 e. The fourth-order valence-corrected chi connectivity index (χ4v) is 1.32. The van der Waals surface area contributed by atoms with Gasteiger partial charge in [-0.05, 0) is 13.8 Å². The summed E-state index contributed by atoms with van der Waals surface area (Å²) in [6.45, 7) is 4.63. The van der Waals surface area contributed by atoms with Crippen molar-refractivity contribution in [3.8, 4) is 0 Å². The highest BCUT2D eigenvalue weighted by atomic mass is 16.7.